The molecule has 0 radical (unpaired) electrons. The first-order valence-corrected chi connectivity index (χ1v) is 5.73. The molecule has 78 valence electrons. The third-order valence-electron chi connectivity index (χ3n) is 2.27. The molecule has 3 rings (SSSR count). The lowest BCUT2D eigenvalue weighted by atomic mass is 10.2. The maximum atomic E-state index is 4.49. The molecule has 0 aliphatic heterocycles. The van der Waals surface area contributed by atoms with Crippen molar-refractivity contribution in [3.63, 3.8) is 0 Å². The Labute approximate surface area is 97.2 Å². The van der Waals surface area contributed by atoms with Crippen molar-refractivity contribution < 1.29 is 0 Å². The van der Waals surface area contributed by atoms with Crippen molar-refractivity contribution in [3.05, 3.63) is 54.9 Å². The van der Waals surface area contributed by atoms with Crippen LogP contribution >= 0.6 is 11.5 Å². The third kappa shape index (κ3) is 1.63. The fourth-order valence-corrected chi connectivity index (χ4v) is 2.14. The van der Waals surface area contributed by atoms with Crippen molar-refractivity contribution in [3.8, 4) is 16.5 Å². The smallest absolute Gasteiger partial charge is 0.213 e. The molecule has 0 bridgehead atoms. The summed E-state index contributed by atoms with van der Waals surface area (Å²) in [4.78, 5) is 4.49. The predicted octanol–water partition coefficient (Wildman–Crippen LogP) is 3.00. The molecular formula is C12H9N3S. The van der Waals surface area contributed by atoms with Crippen LogP contribution in [0.2, 0.25) is 0 Å². The van der Waals surface area contributed by atoms with Gasteiger partial charge in [-0.05, 0) is 12.1 Å². The van der Waals surface area contributed by atoms with E-state index in [0.717, 1.165) is 16.5 Å². The summed E-state index contributed by atoms with van der Waals surface area (Å²) in [5.41, 5.74) is 1.05. The average Bonchev–Trinajstić information content (AvgIpc) is 3.01. The Bertz CT molecular complexity index is 569. The zero-order valence-corrected chi connectivity index (χ0v) is 9.26. The lowest BCUT2D eigenvalue weighted by Gasteiger charge is -1.94. The Hall–Kier alpha value is -1.94. The van der Waals surface area contributed by atoms with E-state index < -0.39 is 0 Å². The van der Waals surface area contributed by atoms with E-state index in [2.05, 4.69) is 9.36 Å². The summed E-state index contributed by atoms with van der Waals surface area (Å²) < 4.78 is 6.31. The Morgan fingerprint density at radius 2 is 1.69 bits per heavy atom. The normalized spacial score (nSPS) is 10.5. The first-order chi connectivity index (χ1) is 7.93. The first-order valence-electron chi connectivity index (χ1n) is 4.96. The van der Waals surface area contributed by atoms with Gasteiger partial charge in [0.15, 0.2) is 5.82 Å². The number of hydrogen-bond donors (Lipinski definition) is 0. The van der Waals surface area contributed by atoms with Gasteiger partial charge in [-0.3, -0.25) is 4.57 Å². The molecule has 0 spiro atoms. The Morgan fingerprint density at radius 3 is 2.44 bits per heavy atom. The van der Waals surface area contributed by atoms with Gasteiger partial charge in [0.25, 0.3) is 0 Å². The van der Waals surface area contributed by atoms with Crippen LogP contribution in [0.3, 0.4) is 0 Å². The number of nitrogens with zero attached hydrogens (tertiary/aromatic N) is 3. The van der Waals surface area contributed by atoms with Crippen molar-refractivity contribution >= 4 is 11.5 Å². The van der Waals surface area contributed by atoms with E-state index in [-0.39, 0.29) is 0 Å². The molecule has 2 aromatic heterocycles. The van der Waals surface area contributed by atoms with Gasteiger partial charge < -0.3 is 0 Å². The predicted molar refractivity (Wildman–Crippen MR) is 64.7 cm³/mol. The SMILES string of the molecule is c1ccc(-c2nsc(-n3cccc3)n2)cc1. The van der Waals surface area contributed by atoms with Gasteiger partial charge in [-0.25, -0.2) is 0 Å². The zero-order valence-electron chi connectivity index (χ0n) is 8.45. The molecule has 0 amide bonds. The van der Waals surface area contributed by atoms with Crippen molar-refractivity contribution in [2.75, 3.05) is 0 Å². The summed E-state index contributed by atoms with van der Waals surface area (Å²) in [6.45, 7) is 0. The van der Waals surface area contributed by atoms with Gasteiger partial charge >= 0.3 is 0 Å². The summed E-state index contributed by atoms with van der Waals surface area (Å²) in [5.74, 6) is 0.786. The van der Waals surface area contributed by atoms with Crippen LogP contribution in [0.25, 0.3) is 16.5 Å². The summed E-state index contributed by atoms with van der Waals surface area (Å²) in [6, 6.07) is 14.0. The van der Waals surface area contributed by atoms with Crippen LogP contribution in [0, 0.1) is 0 Å². The third-order valence-corrected chi connectivity index (χ3v) is 3.00. The van der Waals surface area contributed by atoms with Crippen LogP contribution in [0.4, 0.5) is 0 Å². The van der Waals surface area contributed by atoms with Gasteiger partial charge in [0.05, 0.1) is 0 Å². The minimum atomic E-state index is 0.786. The molecule has 3 nitrogen and oxygen atoms in total. The van der Waals surface area contributed by atoms with E-state index in [0.29, 0.717) is 0 Å². The Morgan fingerprint density at radius 1 is 0.938 bits per heavy atom. The highest BCUT2D eigenvalue weighted by Gasteiger charge is 2.06. The van der Waals surface area contributed by atoms with Crippen molar-refractivity contribution in [2.24, 2.45) is 0 Å². The van der Waals surface area contributed by atoms with E-state index in [4.69, 9.17) is 0 Å². The van der Waals surface area contributed by atoms with E-state index >= 15 is 0 Å². The van der Waals surface area contributed by atoms with Crippen LogP contribution in [0.15, 0.2) is 54.9 Å². The second-order valence-corrected chi connectivity index (χ2v) is 4.09. The van der Waals surface area contributed by atoms with Gasteiger partial charge in [0, 0.05) is 29.5 Å². The fourth-order valence-electron chi connectivity index (χ4n) is 1.49. The highest BCUT2D eigenvalue weighted by molar-refractivity contribution is 7.08. The van der Waals surface area contributed by atoms with Gasteiger partial charge in [-0.2, -0.15) is 9.36 Å². The van der Waals surface area contributed by atoms with Gasteiger partial charge in [0.1, 0.15) is 0 Å². The Kier molecular flexibility index (Phi) is 2.27. The molecule has 0 unspecified atom stereocenters. The lowest BCUT2D eigenvalue weighted by molar-refractivity contribution is 1.05. The van der Waals surface area contributed by atoms with Crippen LogP contribution in [-0.2, 0) is 0 Å². The van der Waals surface area contributed by atoms with Crippen molar-refractivity contribution in [1.82, 2.24) is 13.9 Å². The molecule has 3 aromatic rings. The monoisotopic (exact) mass is 227 g/mol. The molecule has 0 saturated heterocycles. The molecule has 16 heavy (non-hydrogen) atoms. The quantitative estimate of drug-likeness (QED) is 0.673. The Balaban J connectivity index is 2.00. The molecule has 2 heterocycles. The summed E-state index contributed by atoms with van der Waals surface area (Å²) >= 11 is 1.40. The van der Waals surface area contributed by atoms with E-state index in [1.165, 1.54) is 11.5 Å². The summed E-state index contributed by atoms with van der Waals surface area (Å²) in [7, 11) is 0. The molecule has 0 atom stereocenters. The largest absolute Gasteiger partial charge is 0.299 e. The van der Waals surface area contributed by atoms with E-state index in [1.54, 1.807) is 0 Å². The van der Waals surface area contributed by atoms with E-state index in [1.807, 2.05) is 59.4 Å². The van der Waals surface area contributed by atoms with Crippen LogP contribution in [0.5, 0.6) is 0 Å². The molecule has 0 aliphatic carbocycles. The number of aromatic nitrogens is 3. The van der Waals surface area contributed by atoms with Gasteiger partial charge in [-0.15, -0.1) is 0 Å². The second-order valence-electron chi connectivity index (χ2n) is 3.36. The van der Waals surface area contributed by atoms with Crippen molar-refractivity contribution in [1.29, 1.82) is 0 Å². The highest BCUT2D eigenvalue weighted by atomic mass is 32.1. The second kappa shape index (κ2) is 3.90. The molecule has 0 fully saturated rings. The lowest BCUT2D eigenvalue weighted by Crippen LogP contribution is -1.87. The van der Waals surface area contributed by atoms with Gasteiger partial charge in [-0.1, -0.05) is 30.3 Å². The van der Waals surface area contributed by atoms with Crippen LogP contribution < -0.4 is 0 Å². The molecule has 0 saturated carbocycles. The summed E-state index contributed by atoms with van der Waals surface area (Å²) in [5, 5.41) is 0.892. The van der Waals surface area contributed by atoms with Crippen molar-refractivity contribution in [2.45, 2.75) is 0 Å². The zero-order chi connectivity index (χ0) is 10.8. The number of hydrogen-bond acceptors (Lipinski definition) is 3. The minimum absolute atomic E-state index is 0.786. The maximum absolute atomic E-state index is 4.49. The fraction of sp³-hybridized carbons (Fsp3) is 0. The topological polar surface area (TPSA) is 30.7 Å². The number of rotatable bonds is 2. The van der Waals surface area contributed by atoms with E-state index in [9.17, 15) is 0 Å². The standard InChI is InChI=1S/C12H9N3S/c1-2-6-10(7-3-1)11-13-12(16-14-11)15-8-4-5-9-15/h1-9H. The number of benzene rings is 1. The molecule has 4 heteroatoms. The molecule has 0 aliphatic rings. The molecule has 0 N–H and O–H groups in total. The first kappa shape index (κ1) is 9.30. The summed E-state index contributed by atoms with van der Waals surface area (Å²) in [6.07, 6.45) is 3.94. The van der Waals surface area contributed by atoms with Crippen LogP contribution in [-0.4, -0.2) is 13.9 Å². The maximum Gasteiger partial charge on any atom is 0.213 e. The molecule has 1 aromatic carbocycles. The average molecular weight is 227 g/mol. The highest BCUT2D eigenvalue weighted by Crippen LogP contribution is 2.19. The minimum Gasteiger partial charge on any atom is -0.299 e. The van der Waals surface area contributed by atoms with Crippen LogP contribution in [0.1, 0.15) is 0 Å². The molecular weight excluding hydrogens is 218 g/mol. The van der Waals surface area contributed by atoms with Gasteiger partial charge in [0.2, 0.25) is 5.13 Å².